The van der Waals surface area contributed by atoms with Gasteiger partial charge in [-0.15, -0.1) is 0 Å². The lowest BCUT2D eigenvalue weighted by molar-refractivity contribution is -0.233. The number of ether oxygens (including phenoxy) is 4. The number of furan rings is 2. The Hall–Kier alpha value is -3.18. The minimum absolute atomic E-state index is 0.000214. The maximum atomic E-state index is 15.3. The molecule has 10 nitrogen and oxygen atoms in total. The first-order valence-electron chi connectivity index (χ1n) is 28.5. The van der Waals surface area contributed by atoms with E-state index >= 15 is 9.59 Å². The largest absolute Gasteiger partial charge is 0.472 e. The van der Waals surface area contributed by atoms with Crippen molar-refractivity contribution in [2.75, 3.05) is 52.5 Å². The summed E-state index contributed by atoms with van der Waals surface area (Å²) in [6.07, 6.45) is 33.2. The molecule has 0 spiro atoms. The lowest BCUT2D eigenvalue weighted by Crippen LogP contribution is -2.64. The summed E-state index contributed by atoms with van der Waals surface area (Å²) < 4.78 is 39.1. The van der Waals surface area contributed by atoms with E-state index in [2.05, 4.69) is 61.8 Å². The smallest absolute Gasteiger partial charge is 0.418 e. The minimum atomic E-state index is -0.802. The van der Waals surface area contributed by atoms with E-state index in [0.29, 0.717) is 11.8 Å². The van der Waals surface area contributed by atoms with Gasteiger partial charge in [-0.05, 0) is 212 Å². The van der Waals surface area contributed by atoms with Crippen LogP contribution in [0.2, 0.25) is 0 Å². The van der Waals surface area contributed by atoms with Gasteiger partial charge in [0.15, 0.2) is 0 Å². The Bertz CT molecular complexity index is 2120. The van der Waals surface area contributed by atoms with Crippen molar-refractivity contribution in [1.29, 1.82) is 0 Å². The summed E-state index contributed by atoms with van der Waals surface area (Å²) >= 11 is 0. The zero-order chi connectivity index (χ0) is 47.9. The predicted molar refractivity (Wildman–Crippen MR) is 268 cm³/mol. The van der Waals surface area contributed by atoms with E-state index in [1.807, 2.05) is 12.5 Å². The molecule has 2 saturated heterocycles. The Morgan fingerprint density at radius 1 is 0.543 bits per heavy atom. The van der Waals surface area contributed by atoms with Crippen molar-refractivity contribution >= 4 is 11.9 Å². The number of carbonyl (C=O) groups is 2. The van der Waals surface area contributed by atoms with Crippen molar-refractivity contribution in [2.45, 2.75) is 191 Å². The summed E-state index contributed by atoms with van der Waals surface area (Å²) in [5.74, 6) is -0.248. The van der Waals surface area contributed by atoms with Crippen LogP contribution in [0.25, 0.3) is 0 Å². The summed E-state index contributed by atoms with van der Waals surface area (Å²) in [6.45, 7) is 18.2. The van der Waals surface area contributed by atoms with Crippen LogP contribution in [-0.4, -0.2) is 97.6 Å². The van der Waals surface area contributed by atoms with Crippen molar-refractivity contribution in [3.05, 3.63) is 71.6 Å². The second-order valence-electron chi connectivity index (χ2n) is 25.5. The molecule has 0 radical (unpaired) electrons. The average Bonchev–Trinajstić information content (AvgIpc) is 4.22. The molecule has 382 valence electrons. The molecule has 10 heteroatoms. The number of carbonyl (C=O) groups excluding carboxylic acids is 2. The molecule has 2 aromatic heterocycles. The first-order valence-corrected chi connectivity index (χ1v) is 28.5. The van der Waals surface area contributed by atoms with Gasteiger partial charge in [0.25, 0.3) is 0 Å². The fourth-order valence-electron chi connectivity index (χ4n) is 19.1. The normalized spacial score (nSPS) is 43.5. The van der Waals surface area contributed by atoms with E-state index in [4.69, 9.17) is 27.8 Å². The molecule has 8 fully saturated rings. The number of rotatable bonds is 12. The standard InChI is InChI=1S/C60H84N2O8/c1-55-21-13-45(67-35-31-61-27-5-6-28-61)37-43(55)9-11-51-49(55)15-23-57(3)47(41-19-33-65-39-41)17-25-59(51,57)69-53(63)54(64)70-60-26-18-48(42-20-34-66-40-42)58(60,4)24-16-50-52(60)12-10-44-38-46(14-22-56(44,50)2)68-36-32-62-29-7-8-30-62/h19-20,33-34,37-40,45-52H,5-18,21-32,35-36H2,1-4H3/t45?,46?,47?,48?,49-,50-,51-,52-,55+,56+,57-,58-,59-,60-/m1/s1. The topological polar surface area (TPSA) is 104 Å². The summed E-state index contributed by atoms with van der Waals surface area (Å²) in [4.78, 5) is 35.7. The summed E-state index contributed by atoms with van der Waals surface area (Å²) in [7, 11) is 0. The fourth-order valence-corrected chi connectivity index (χ4v) is 19.1. The zero-order valence-electron chi connectivity index (χ0n) is 43.2. The van der Waals surface area contributed by atoms with Gasteiger partial charge in [-0.3, -0.25) is 0 Å². The third-order valence-electron chi connectivity index (χ3n) is 22.9. The molecule has 4 heterocycles. The fraction of sp³-hybridized carbons (Fsp3) is 0.767. The minimum Gasteiger partial charge on any atom is -0.472 e. The van der Waals surface area contributed by atoms with E-state index in [1.54, 1.807) is 12.5 Å². The van der Waals surface area contributed by atoms with Crippen molar-refractivity contribution in [3.8, 4) is 0 Å². The van der Waals surface area contributed by atoms with Crippen LogP contribution in [0.1, 0.15) is 179 Å². The summed E-state index contributed by atoms with van der Waals surface area (Å²) in [5, 5.41) is 0. The molecule has 0 amide bonds. The van der Waals surface area contributed by atoms with Gasteiger partial charge in [0.05, 0.1) is 50.5 Å². The van der Waals surface area contributed by atoms with E-state index < -0.39 is 23.1 Å². The van der Waals surface area contributed by atoms with Crippen LogP contribution in [0.15, 0.2) is 69.3 Å². The van der Waals surface area contributed by atoms with Crippen molar-refractivity contribution in [2.24, 2.45) is 45.3 Å². The van der Waals surface area contributed by atoms with E-state index in [-0.39, 0.29) is 57.5 Å². The number of hydrogen-bond acceptors (Lipinski definition) is 10. The predicted octanol–water partition coefficient (Wildman–Crippen LogP) is 12.0. The maximum absolute atomic E-state index is 15.3. The number of likely N-dealkylation sites (tertiary alicyclic amines) is 2. The summed E-state index contributed by atoms with van der Waals surface area (Å²) in [5.41, 5.74) is 3.11. The van der Waals surface area contributed by atoms with Crippen LogP contribution < -0.4 is 0 Å². The van der Waals surface area contributed by atoms with Gasteiger partial charge in [-0.2, -0.15) is 0 Å². The Kier molecular flexibility index (Phi) is 12.5. The lowest BCUT2D eigenvalue weighted by atomic mass is 9.45. The molecular formula is C60H84N2O8. The quantitative estimate of drug-likeness (QED) is 0.116. The molecule has 14 atom stereocenters. The summed E-state index contributed by atoms with van der Waals surface area (Å²) in [6, 6.07) is 4.22. The SMILES string of the molecule is C[C@]12CCC(OCCN3CCCC3)C=C1CC[C@@H]1[C@H]2CC[C@]2(C)C(c3ccoc3)CC[C@@]12OC(=O)C(=O)O[C@@]12CCC(c3ccoc3)[C@@]1(C)CC[C@@H]1[C@H]2CCC2=CC(OCCN3CCCC3)CC[C@@]21C. The highest BCUT2D eigenvalue weighted by atomic mass is 16.6. The maximum Gasteiger partial charge on any atom is 0.418 e. The van der Waals surface area contributed by atoms with E-state index in [0.717, 1.165) is 129 Å². The molecule has 2 aromatic rings. The van der Waals surface area contributed by atoms with Crippen LogP contribution in [0.3, 0.4) is 0 Å². The number of hydrogen-bond donors (Lipinski definition) is 0. The second kappa shape index (κ2) is 18.3. The van der Waals surface area contributed by atoms with Gasteiger partial charge in [0.1, 0.15) is 11.2 Å². The Balaban J connectivity index is 0.818. The Labute approximate surface area is 418 Å². The van der Waals surface area contributed by atoms with Gasteiger partial charge in [0, 0.05) is 35.8 Å². The Morgan fingerprint density at radius 3 is 1.37 bits per heavy atom. The van der Waals surface area contributed by atoms with Gasteiger partial charge in [0.2, 0.25) is 0 Å². The number of esters is 2. The van der Waals surface area contributed by atoms with Crippen LogP contribution in [0.4, 0.5) is 0 Å². The highest BCUT2D eigenvalue weighted by Crippen LogP contribution is 2.73. The highest BCUT2D eigenvalue weighted by molar-refractivity contribution is 6.30. The second-order valence-corrected chi connectivity index (χ2v) is 25.5. The monoisotopic (exact) mass is 961 g/mol. The van der Waals surface area contributed by atoms with Gasteiger partial charge >= 0.3 is 11.9 Å². The van der Waals surface area contributed by atoms with Crippen LogP contribution in [0, 0.1) is 45.3 Å². The van der Waals surface area contributed by atoms with E-state index in [1.165, 1.54) is 74.1 Å². The molecule has 10 aliphatic rings. The third-order valence-corrected chi connectivity index (χ3v) is 22.9. The average molecular weight is 961 g/mol. The molecule has 12 rings (SSSR count). The van der Waals surface area contributed by atoms with E-state index in [9.17, 15) is 0 Å². The Morgan fingerprint density at radius 2 is 0.971 bits per heavy atom. The van der Waals surface area contributed by atoms with Gasteiger partial charge in [-0.1, -0.05) is 51.0 Å². The molecular weight excluding hydrogens is 877 g/mol. The molecule has 0 N–H and O–H groups in total. The van der Waals surface area contributed by atoms with Crippen molar-refractivity contribution < 1.29 is 37.4 Å². The van der Waals surface area contributed by atoms with Gasteiger partial charge < -0.3 is 37.6 Å². The molecule has 8 aliphatic carbocycles. The van der Waals surface area contributed by atoms with Crippen LogP contribution >= 0.6 is 0 Å². The number of nitrogens with zero attached hydrogens (tertiary/aromatic N) is 2. The molecule has 0 bridgehead atoms. The first-order chi connectivity index (χ1) is 33.9. The molecule has 4 unspecified atom stereocenters. The first kappa shape index (κ1) is 47.8. The molecule has 0 aromatic carbocycles. The zero-order valence-corrected chi connectivity index (χ0v) is 43.2. The van der Waals surface area contributed by atoms with Gasteiger partial charge in [-0.25, -0.2) is 9.59 Å². The van der Waals surface area contributed by atoms with Crippen LogP contribution in [0.5, 0.6) is 0 Å². The van der Waals surface area contributed by atoms with Crippen molar-refractivity contribution in [1.82, 2.24) is 9.80 Å². The highest BCUT2D eigenvalue weighted by Gasteiger charge is 2.72. The molecule has 2 aliphatic heterocycles. The van der Waals surface area contributed by atoms with Crippen LogP contribution in [-0.2, 0) is 28.5 Å². The molecule has 70 heavy (non-hydrogen) atoms. The lowest BCUT2D eigenvalue weighted by Gasteiger charge is -2.63. The molecule has 6 saturated carbocycles. The number of fused-ring (bicyclic) bond motifs is 10. The van der Waals surface area contributed by atoms with Crippen molar-refractivity contribution in [3.63, 3.8) is 0 Å². The third kappa shape index (κ3) is 7.56. The number of allylic oxidation sites excluding steroid dienone is 2.